The molecular formula is C7H10N2O5S2. The molecule has 0 aromatic carbocycles. The Balaban J connectivity index is 3.08. The van der Waals surface area contributed by atoms with E-state index in [1.807, 2.05) is 4.72 Å². The summed E-state index contributed by atoms with van der Waals surface area (Å²) in [4.78, 5) is 23.3. The number of carboxylic acid groups (broad SMARTS) is 1. The van der Waals surface area contributed by atoms with Crippen molar-refractivity contribution in [2.75, 3.05) is 0 Å². The van der Waals surface area contributed by atoms with Crippen LogP contribution in [0.25, 0.3) is 0 Å². The molecule has 0 fully saturated rings. The molecule has 9 heteroatoms. The molecule has 16 heavy (non-hydrogen) atoms. The van der Waals surface area contributed by atoms with E-state index in [4.69, 9.17) is 5.11 Å². The van der Waals surface area contributed by atoms with E-state index in [9.17, 15) is 18.0 Å². The average Bonchev–Trinajstić information content (AvgIpc) is 2.45. The maximum Gasteiger partial charge on any atom is 0.321 e. The zero-order chi connectivity index (χ0) is 12.5. The minimum absolute atomic E-state index is 0.189. The van der Waals surface area contributed by atoms with Crippen molar-refractivity contribution in [2.24, 2.45) is 0 Å². The molecule has 0 saturated carbocycles. The van der Waals surface area contributed by atoms with Gasteiger partial charge in [-0.15, -0.1) is 0 Å². The summed E-state index contributed by atoms with van der Waals surface area (Å²) in [5.41, 5.74) is 0.195. The molecule has 1 rings (SSSR count). The molecule has 0 aliphatic rings. The summed E-state index contributed by atoms with van der Waals surface area (Å²) in [5, 5.41) is 8.57. The minimum atomic E-state index is -3.96. The summed E-state index contributed by atoms with van der Waals surface area (Å²) in [6.45, 7) is 2.63. The lowest BCUT2D eigenvalue weighted by molar-refractivity contribution is -0.138. The van der Waals surface area contributed by atoms with Crippen LogP contribution < -0.4 is 9.60 Å². The number of rotatable bonds is 4. The second kappa shape index (κ2) is 4.36. The van der Waals surface area contributed by atoms with Crippen molar-refractivity contribution in [3.8, 4) is 0 Å². The first-order chi connectivity index (χ1) is 7.24. The van der Waals surface area contributed by atoms with E-state index in [0.717, 1.165) is 0 Å². The van der Waals surface area contributed by atoms with Gasteiger partial charge in [0.15, 0.2) is 4.21 Å². The van der Waals surface area contributed by atoms with Crippen molar-refractivity contribution in [1.29, 1.82) is 0 Å². The first-order valence-corrected chi connectivity index (χ1v) is 6.49. The predicted molar refractivity (Wildman–Crippen MR) is 57.1 cm³/mol. The van der Waals surface area contributed by atoms with E-state index in [1.165, 1.54) is 13.8 Å². The van der Waals surface area contributed by atoms with Crippen LogP contribution in [0.2, 0.25) is 0 Å². The Labute approximate surface area is 95.2 Å². The number of aliphatic carboxylic acids is 1. The average molecular weight is 266 g/mol. The number of hydrogen-bond donors (Lipinski definition) is 3. The molecule has 0 radical (unpaired) electrons. The first kappa shape index (κ1) is 12.9. The molecule has 0 spiro atoms. The molecule has 0 aliphatic heterocycles. The third-order valence-electron chi connectivity index (χ3n) is 1.73. The van der Waals surface area contributed by atoms with Crippen molar-refractivity contribution < 1.29 is 18.3 Å². The van der Waals surface area contributed by atoms with E-state index in [2.05, 4.69) is 4.98 Å². The Morgan fingerprint density at radius 1 is 1.56 bits per heavy atom. The highest BCUT2D eigenvalue weighted by atomic mass is 32.2. The van der Waals surface area contributed by atoms with Gasteiger partial charge in [-0.3, -0.25) is 9.59 Å². The van der Waals surface area contributed by atoms with Crippen molar-refractivity contribution in [2.45, 2.75) is 24.1 Å². The highest BCUT2D eigenvalue weighted by Gasteiger charge is 2.25. The van der Waals surface area contributed by atoms with Crippen LogP contribution in [0, 0.1) is 6.92 Å². The van der Waals surface area contributed by atoms with E-state index in [1.54, 1.807) is 0 Å². The molecule has 1 aromatic heterocycles. The number of carbonyl (C=O) groups is 1. The molecule has 1 atom stereocenters. The zero-order valence-electron chi connectivity index (χ0n) is 8.47. The first-order valence-electron chi connectivity index (χ1n) is 4.19. The van der Waals surface area contributed by atoms with Crippen LogP contribution in [0.5, 0.6) is 0 Å². The molecule has 7 nitrogen and oxygen atoms in total. The third-order valence-corrected chi connectivity index (χ3v) is 4.87. The number of aromatic amines is 1. The zero-order valence-corrected chi connectivity index (χ0v) is 10.1. The smallest absolute Gasteiger partial charge is 0.321 e. The fourth-order valence-electron chi connectivity index (χ4n) is 0.983. The number of sulfonamides is 1. The second-order valence-electron chi connectivity index (χ2n) is 3.11. The topological polar surface area (TPSA) is 116 Å². The molecular weight excluding hydrogens is 256 g/mol. The van der Waals surface area contributed by atoms with Crippen molar-refractivity contribution in [1.82, 2.24) is 9.71 Å². The second-order valence-corrected chi connectivity index (χ2v) is 6.00. The number of aryl methyl sites for hydroxylation is 1. The normalized spacial score (nSPS) is 13.6. The largest absolute Gasteiger partial charge is 0.480 e. The SMILES string of the molecule is Cc1[nH]c(=O)sc1S(=O)(=O)NC(C)C(=O)O. The monoisotopic (exact) mass is 266 g/mol. The van der Waals surface area contributed by atoms with Gasteiger partial charge in [0.25, 0.3) is 10.0 Å². The van der Waals surface area contributed by atoms with Gasteiger partial charge in [-0.2, -0.15) is 4.72 Å². The Bertz CT molecular complexity index is 556. The predicted octanol–water partition coefficient (Wildman–Crippen LogP) is -0.504. The maximum atomic E-state index is 11.7. The summed E-state index contributed by atoms with van der Waals surface area (Å²) in [7, 11) is -3.96. The Kier molecular flexibility index (Phi) is 3.51. The Morgan fingerprint density at radius 3 is 2.50 bits per heavy atom. The van der Waals surface area contributed by atoms with Gasteiger partial charge < -0.3 is 10.1 Å². The van der Waals surface area contributed by atoms with Gasteiger partial charge in [-0.05, 0) is 13.8 Å². The molecule has 1 unspecified atom stereocenters. The lowest BCUT2D eigenvalue weighted by Crippen LogP contribution is -2.38. The lowest BCUT2D eigenvalue weighted by Gasteiger charge is -2.08. The summed E-state index contributed by atoms with van der Waals surface area (Å²) >= 11 is 0.520. The number of hydrogen-bond acceptors (Lipinski definition) is 5. The minimum Gasteiger partial charge on any atom is -0.480 e. The number of aromatic nitrogens is 1. The van der Waals surface area contributed by atoms with Gasteiger partial charge in [0.05, 0.1) is 0 Å². The van der Waals surface area contributed by atoms with Gasteiger partial charge in [0.1, 0.15) is 6.04 Å². The molecule has 0 bridgehead atoms. The number of thiazole rings is 1. The fraction of sp³-hybridized carbons (Fsp3) is 0.429. The summed E-state index contributed by atoms with van der Waals surface area (Å²) in [6.07, 6.45) is 0. The van der Waals surface area contributed by atoms with Gasteiger partial charge in [0.2, 0.25) is 0 Å². The van der Waals surface area contributed by atoms with Crippen LogP contribution in [0.15, 0.2) is 9.00 Å². The highest BCUT2D eigenvalue weighted by Crippen LogP contribution is 2.15. The van der Waals surface area contributed by atoms with Gasteiger partial charge in [-0.1, -0.05) is 11.3 Å². The summed E-state index contributed by atoms with van der Waals surface area (Å²) in [6, 6.07) is -1.25. The Hall–Kier alpha value is -1.19. The van der Waals surface area contributed by atoms with E-state index in [-0.39, 0.29) is 9.90 Å². The number of nitrogens with one attached hydrogen (secondary N) is 2. The molecule has 0 saturated heterocycles. The van der Waals surface area contributed by atoms with Gasteiger partial charge in [0, 0.05) is 5.69 Å². The van der Waals surface area contributed by atoms with Crippen molar-refractivity contribution in [3.05, 3.63) is 15.4 Å². The third kappa shape index (κ3) is 2.68. The maximum absolute atomic E-state index is 11.7. The fourth-order valence-corrected chi connectivity index (χ4v) is 3.50. The lowest BCUT2D eigenvalue weighted by atomic mass is 10.4. The van der Waals surface area contributed by atoms with Crippen LogP contribution in [-0.2, 0) is 14.8 Å². The summed E-state index contributed by atoms with van der Waals surface area (Å²) < 4.78 is 25.1. The molecule has 1 heterocycles. The Morgan fingerprint density at radius 2 is 2.12 bits per heavy atom. The van der Waals surface area contributed by atoms with Crippen LogP contribution in [0.1, 0.15) is 12.6 Å². The molecule has 0 amide bonds. The van der Waals surface area contributed by atoms with Crippen LogP contribution in [0.3, 0.4) is 0 Å². The summed E-state index contributed by atoms with van der Waals surface area (Å²) in [5.74, 6) is -1.29. The standard InChI is InChI=1S/C7H10N2O5S2/c1-3(5(10)11)9-16(13,14)6-4(2)8-7(12)15-6/h3,9H,1-2H3,(H,8,12)(H,10,11). The number of carboxylic acids is 1. The highest BCUT2D eigenvalue weighted by molar-refractivity contribution is 7.91. The van der Waals surface area contributed by atoms with E-state index < -0.39 is 26.9 Å². The van der Waals surface area contributed by atoms with Crippen LogP contribution in [0.4, 0.5) is 0 Å². The van der Waals surface area contributed by atoms with E-state index in [0.29, 0.717) is 11.3 Å². The van der Waals surface area contributed by atoms with E-state index >= 15 is 0 Å². The quantitative estimate of drug-likeness (QED) is 0.679. The van der Waals surface area contributed by atoms with Crippen LogP contribution >= 0.6 is 11.3 Å². The molecule has 1 aromatic rings. The molecule has 90 valence electrons. The van der Waals surface area contributed by atoms with Crippen molar-refractivity contribution >= 4 is 27.3 Å². The van der Waals surface area contributed by atoms with Crippen LogP contribution in [-0.4, -0.2) is 30.5 Å². The van der Waals surface area contributed by atoms with Gasteiger partial charge in [-0.25, -0.2) is 8.42 Å². The molecule has 3 N–H and O–H groups in total. The van der Waals surface area contributed by atoms with Crippen molar-refractivity contribution in [3.63, 3.8) is 0 Å². The number of H-pyrrole nitrogens is 1. The molecule has 0 aliphatic carbocycles. The van der Waals surface area contributed by atoms with Gasteiger partial charge >= 0.3 is 10.8 Å².